The Hall–Kier alpha value is -1.56. The summed E-state index contributed by atoms with van der Waals surface area (Å²) in [5.41, 5.74) is 4.38. The summed E-state index contributed by atoms with van der Waals surface area (Å²) in [6.07, 6.45) is 0.581. The van der Waals surface area contributed by atoms with Gasteiger partial charge in [0, 0.05) is 25.2 Å². The number of carbonyl (C=O) groups excluding carboxylic acids is 2. The molecule has 0 radical (unpaired) electrons. The first kappa shape index (κ1) is 10.9. The molecule has 2 amide bonds. The quantitative estimate of drug-likeness (QED) is 0.665. The van der Waals surface area contributed by atoms with Crippen LogP contribution in [0.1, 0.15) is 19.8 Å². The fraction of sp³-hybridized carbons (Fsp3) is 0.600. The van der Waals surface area contributed by atoms with Gasteiger partial charge >= 0.3 is 6.09 Å². The summed E-state index contributed by atoms with van der Waals surface area (Å²) in [5, 5.41) is 4.42. The Balaban J connectivity index is 2.22. The molecule has 0 atom stereocenters. The highest BCUT2D eigenvalue weighted by Crippen LogP contribution is 2.22. The molecule has 16 heavy (non-hydrogen) atoms. The number of amides is 2. The van der Waals surface area contributed by atoms with Crippen molar-refractivity contribution < 1.29 is 14.3 Å². The molecule has 0 aromatic rings. The SMILES string of the molecule is CCOC(=O)N1NC(=O)CC2=C1CCNC2. The standard InChI is InChI=1S/C10H15N3O3/c1-2-16-10(15)13-8-3-4-11-6-7(8)5-9(14)12-13/h11H,2-6H2,1H3,(H,12,14). The Kier molecular flexibility index (Phi) is 3.09. The second kappa shape index (κ2) is 4.52. The molecule has 2 aliphatic heterocycles. The molecule has 0 spiro atoms. The number of rotatable bonds is 1. The normalized spacial score (nSPS) is 20.3. The minimum absolute atomic E-state index is 0.171. The van der Waals surface area contributed by atoms with E-state index in [1.807, 2.05) is 0 Å². The van der Waals surface area contributed by atoms with Gasteiger partial charge in [-0.1, -0.05) is 0 Å². The highest BCUT2D eigenvalue weighted by atomic mass is 16.6. The Morgan fingerprint density at radius 3 is 3.12 bits per heavy atom. The molecule has 0 aliphatic carbocycles. The predicted octanol–water partition coefficient (Wildman–Crippen LogP) is 0.127. The Morgan fingerprint density at radius 2 is 2.38 bits per heavy atom. The largest absolute Gasteiger partial charge is 0.448 e. The summed E-state index contributed by atoms with van der Waals surface area (Å²) in [6.45, 7) is 3.51. The predicted molar refractivity (Wildman–Crippen MR) is 56.1 cm³/mol. The minimum atomic E-state index is -0.509. The molecule has 0 unspecified atom stereocenters. The van der Waals surface area contributed by atoms with Crippen LogP contribution in [0.3, 0.4) is 0 Å². The highest BCUT2D eigenvalue weighted by Gasteiger charge is 2.31. The van der Waals surface area contributed by atoms with Gasteiger partial charge < -0.3 is 10.1 Å². The average Bonchev–Trinajstić information content (AvgIpc) is 2.28. The molecule has 2 heterocycles. The lowest BCUT2D eigenvalue weighted by Crippen LogP contribution is -2.51. The van der Waals surface area contributed by atoms with Gasteiger partial charge in [0.2, 0.25) is 5.91 Å². The molecule has 2 rings (SSSR count). The van der Waals surface area contributed by atoms with E-state index >= 15 is 0 Å². The third kappa shape index (κ3) is 2.01. The first-order valence-electron chi connectivity index (χ1n) is 5.40. The van der Waals surface area contributed by atoms with E-state index in [1.165, 1.54) is 5.01 Å². The maximum absolute atomic E-state index is 11.6. The zero-order valence-corrected chi connectivity index (χ0v) is 9.21. The smallest absolute Gasteiger partial charge is 0.433 e. The van der Waals surface area contributed by atoms with E-state index in [0.717, 1.165) is 24.2 Å². The van der Waals surface area contributed by atoms with Crippen LogP contribution in [0.25, 0.3) is 0 Å². The van der Waals surface area contributed by atoms with Gasteiger partial charge in [0.25, 0.3) is 0 Å². The molecule has 0 bridgehead atoms. The van der Waals surface area contributed by atoms with Gasteiger partial charge in [-0.3, -0.25) is 10.2 Å². The third-order valence-electron chi connectivity index (χ3n) is 2.62. The maximum Gasteiger partial charge on any atom is 0.433 e. The van der Waals surface area contributed by atoms with Crippen molar-refractivity contribution in [3.05, 3.63) is 11.3 Å². The summed E-state index contributed by atoms with van der Waals surface area (Å²) < 4.78 is 4.90. The van der Waals surface area contributed by atoms with Crippen LogP contribution in [0.4, 0.5) is 4.79 Å². The van der Waals surface area contributed by atoms with Crippen LogP contribution in [0.15, 0.2) is 11.3 Å². The summed E-state index contributed by atoms with van der Waals surface area (Å²) >= 11 is 0. The molecule has 0 saturated heterocycles. The van der Waals surface area contributed by atoms with Crippen LogP contribution in [-0.2, 0) is 9.53 Å². The van der Waals surface area contributed by atoms with E-state index in [1.54, 1.807) is 6.92 Å². The molecule has 0 aromatic carbocycles. The zero-order chi connectivity index (χ0) is 11.5. The van der Waals surface area contributed by atoms with E-state index in [0.29, 0.717) is 19.6 Å². The highest BCUT2D eigenvalue weighted by molar-refractivity contribution is 5.84. The fourth-order valence-corrected chi connectivity index (χ4v) is 1.93. The van der Waals surface area contributed by atoms with Gasteiger partial charge in [-0.25, -0.2) is 4.79 Å². The molecule has 0 fully saturated rings. The van der Waals surface area contributed by atoms with Crippen LogP contribution in [0.5, 0.6) is 0 Å². The number of nitrogens with one attached hydrogen (secondary N) is 2. The van der Waals surface area contributed by atoms with Crippen molar-refractivity contribution in [2.24, 2.45) is 0 Å². The maximum atomic E-state index is 11.6. The van der Waals surface area contributed by atoms with Crippen LogP contribution < -0.4 is 10.7 Å². The van der Waals surface area contributed by atoms with Gasteiger partial charge in [-0.15, -0.1) is 0 Å². The van der Waals surface area contributed by atoms with E-state index < -0.39 is 6.09 Å². The molecule has 6 heteroatoms. The Bertz CT molecular complexity index is 351. The van der Waals surface area contributed by atoms with Crippen LogP contribution in [-0.4, -0.2) is 36.7 Å². The first-order valence-corrected chi connectivity index (χ1v) is 5.40. The first-order chi connectivity index (χ1) is 7.72. The number of ether oxygens (including phenoxy) is 1. The number of nitrogens with zero attached hydrogens (tertiary/aromatic N) is 1. The van der Waals surface area contributed by atoms with E-state index in [4.69, 9.17) is 4.74 Å². The van der Waals surface area contributed by atoms with Crippen molar-refractivity contribution in [2.45, 2.75) is 19.8 Å². The zero-order valence-electron chi connectivity index (χ0n) is 9.21. The van der Waals surface area contributed by atoms with Gasteiger partial charge in [0.15, 0.2) is 0 Å². The average molecular weight is 225 g/mol. The van der Waals surface area contributed by atoms with Crippen molar-refractivity contribution >= 4 is 12.0 Å². The van der Waals surface area contributed by atoms with Crippen molar-refractivity contribution in [3.8, 4) is 0 Å². The van der Waals surface area contributed by atoms with Crippen molar-refractivity contribution in [1.29, 1.82) is 0 Å². The van der Waals surface area contributed by atoms with E-state index in [-0.39, 0.29) is 5.91 Å². The number of hydrazine groups is 1. The molecule has 0 saturated carbocycles. The Morgan fingerprint density at radius 1 is 1.56 bits per heavy atom. The number of hydrogen-bond donors (Lipinski definition) is 2. The van der Waals surface area contributed by atoms with Crippen molar-refractivity contribution in [2.75, 3.05) is 19.7 Å². The van der Waals surface area contributed by atoms with Gasteiger partial charge in [0.1, 0.15) is 0 Å². The topological polar surface area (TPSA) is 70.7 Å². The van der Waals surface area contributed by atoms with Crippen molar-refractivity contribution in [1.82, 2.24) is 15.8 Å². The second-order valence-corrected chi connectivity index (χ2v) is 3.72. The molecule has 0 aromatic heterocycles. The third-order valence-corrected chi connectivity index (χ3v) is 2.62. The summed E-state index contributed by atoms with van der Waals surface area (Å²) in [5.74, 6) is -0.171. The monoisotopic (exact) mass is 225 g/mol. The molecule has 2 N–H and O–H groups in total. The lowest BCUT2D eigenvalue weighted by molar-refractivity contribution is -0.125. The fourth-order valence-electron chi connectivity index (χ4n) is 1.93. The van der Waals surface area contributed by atoms with Crippen molar-refractivity contribution in [3.63, 3.8) is 0 Å². The van der Waals surface area contributed by atoms with Gasteiger partial charge in [0.05, 0.1) is 13.0 Å². The van der Waals surface area contributed by atoms with Crippen LogP contribution >= 0.6 is 0 Å². The Labute approximate surface area is 93.6 Å². The summed E-state index contributed by atoms with van der Waals surface area (Å²) in [7, 11) is 0. The number of hydrogen-bond acceptors (Lipinski definition) is 4. The van der Waals surface area contributed by atoms with Crippen LogP contribution in [0, 0.1) is 0 Å². The van der Waals surface area contributed by atoms with E-state index in [9.17, 15) is 9.59 Å². The molecule has 88 valence electrons. The molecule has 2 aliphatic rings. The summed E-state index contributed by atoms with van der Waals surface area (Å²) in [4.78, 5) is 23.0. The molecular formula is C10H15N3O3. The van der Waals surface area contributed by atoms with Crippen LogP contribution in [0.2, 0.25) is 0 Å². The summed E-state index contributed by atoms with van der Waals surface area (Å²) in [6, 6.07) is 0. The lowest BCUT2D eigenvalue weighted by Gasteiger charge is -2.34. The lowest BCUT2D eigenvalue weighted by atomic mass is 10.0. The van der Waals surface area contributed by atoms with Gasteiger partial charge in [-0.05, 0) is 12.5 Å². The van der Waals surface area contributed by atoms with E-state index in [2.05, 4.69) is 10.7 Å². The minimum Gasteiger partial charge on any atom is -0.448 e. The second-order valence-electron chi connectivity index (χ2n) is 3.72. The molecular weight excluding hydrogens is 210 g/mol. The number of carbonyl (C=O) groups is 2. The van der Waals surface area contributed by atoms with Gasteiger partial charge in [-0.2, -0.15) is 5.01 Å². The molecule has 6 nitrogen and oxygen atoms in total.